The third-order valence-corrected chi connectivity index (χ3v) is 0.738. The highest BCUT2D eigenvalue weighted by Crippen LogP contribution is 1.96. The molecule has 0 unspecified atom stereocenters. The summed E-state index contributed by atoms with van der Waals surface area (Å²) >= 11 is 1.33. The highest BCUT2D eigenvalue weighted by atomic mass is 32.2. The quantitative estimate of drug-likeness (QED) is 0.314. The van der Waals surface area contributed by atoms with E-state index in [1.807, 2.05) is 12.4 Å². The van der Waals surface area contributed by atoms with Crippen LogP contribution in [0.25, 0.3) is 0 Å². The summed E-state index contributed by atoms with van der Waals surface area (Å²) in [4.78, 5) is 0. The average Bonchev–Trinajstić information content (AvgIpc) is 1.69. The first kappa shape index (κ1) is 6.72. The van der Waals surface area contributed by atoms with Gasteiger partial charge in [0.25, 0.3) is 0 Å². The Morgan fingerprint density at radius 3 is 3.00 bits per heavy atom. The molecule has 0 amide bonds. The Balaban J connectivity index is 2.92. The molecule has 7 heavy (non-hydrogen) atoms. The molecule has 0 aliphatic rings. The Bertz CT molecular complexity index is 70.1. The number of nitrogens with two attached hydrogens (primary N) is 1. The molecule has 0 aliphatic heterocycles. The first-order valence-corrected chi connectivity index (χ1v) is 2.83. The number of nitrogens with zero attached hydrogens (tertiary/aromatic N) is 1. The lowest BCUT2D eigenvalue weighted by molar-refractivity contribution is -0.495. The summed E-state index contributed by atoms with van der Waals surface area (Å²) in [6.45, 7) is 3.47. The molecule has 2 nitrogen and oxygen atoms in total. The van der Waals surface area contributed by atoms with Gasteiger partial charge in [0.1, 0.15) is 0 Å². The van der Waals surface area contributed by atoms with Crippen LogP contribution in [0.5, 0.6) is 0 Å². The van der Waals surface area contributed by atoms with Gasteiger partial charge < -0.3 is 5.32 Å². The predicted molar refractivity (Wildman–Crippen MR) is 34.1 cm³/mol. The van der Waals surface area contributed by atoms with Gasteiger partial charge in [0.2, 0.25) is 0 Å². The minimum absolute atomic E-state index is 1.33. The van der Waals surface area contributed by atoms with Crippen molar-refractivity contribution in [3.8, 4) is 0 Å². The zero-order valence-corrected chi connectivity index (χ0v) is 5.11. The summed E-state index contributed by atoms with van der Waals surface area (Å²) in [7, 11) is 1.92. The highest BCUT2D eigenvalue weighted by molar-refractivity contribution is 8.00. The molecule has 0 bridgehead atoms. The minimum atomic E-state index is 1.33. The zero-order chi connectivity index (χ0) is 5.54. The van der Waals surface area contributed by atoms with Crippen molar-refractivity contribution in [3.05, 3.63) is 12.0 Å². The van der Waals surface area contributed by atoms with Crippen molar-refractivity contribution in [2.45, 2.75) is 0 Å². The summed E-state index contributed by atoms with van der Waals surface area (Å²) < 4.78 is 3.83. The number of rotatable bonds is 3. The Morgan fingerprint density at radius 2 is 2.57 bits per heavy atom. The van der Waals surface area contributed by atoms with Gasteiger partial charge >= 0.3 is 0 Å². The van der Waals surface area contributed by atoms with Crippen molar-refractivity contribution < 1.29 is 5.32 Å². The third-order valence-electron chi connectivity index (χ3n) is 0.345. The molecule has 0 fully saturated rings. The van der Waals surface area contributed by atoms with Gasteiger partial charge in [-0.25, -0.2) is 0 Å². The maximum atomic E-state index is 3.83. The molecular formula is C4H9N2S+. The second-order valence-electron chi connectivity index (χ2n) is 0.860. The molecule has 3 heteroatoms. The van der Waals surface area contributed by atoms with Gasteiger partial charge in [-0.2, -0.15) is 4.40 Å². The van der Waals surface area contributed by atoms with Crippen LogP contribution in [0.15, 0.2) is 16.4 Å². The predicted octanol–water partition coefficient (Wildman–Crippen LogP) is -0.000400. The zero-order valence-electron chi connectivity index (χ0n) is 4.29. The highest BCUT2D eigenvalue weighted by Gasteiger charge is 1.65. The van der Waals surface area contributed by atoms with Crippen molar-refractivity contribution >= 4 is 18.3 Å². The molecule has 0 rings (SSSR count). The van der Waals surface area contributed by atoms with E-state index in [1.54, 1.807) is 11.7 Å². The van der Waals surface area contributed by atoms with E-state index in [2.05, 4.69) is 11.0 Å². The van der Waals surface area contributed by atoms with E-state index in [1.165, 1.54) is 11.9 Å². The summed E-state index contributed by atoms with van der Waals surface area (Å²) in [5.74, 6) is 0. The number of hydrogen-bond acceptors (Lipinski definition) is 2. The fraction of sp³-hybridized carbons (Fsp3) is 0.250. The molecule has 2 N–H and O–H groups in total. The van der Waals surface area contributed by atoms with Crippen LogP contribution < -0.4 is 5.32 Å². The van der Waals surface area contributed by atoms with Crippen molar-refractivity contribution in [2.24, 2.45) is 4.40 Å². The maximum Gasteiger partial charge on any atom is 0.193 e. The second kappa shape index (κ2) is 5.72. The van der Waals surface area contributed by atoms with E-state index in [0.717, 1.165) is 0 Å². The molecule has 0 aromatic carbocycles. The first-order valence-electron chi connectivity index (χ1n) is 2.00. The Kier molecular flexibility index (Phi) is 5.49. The topological polar surface area (TPSA) is 29.0 Å². The van der Waals surface area contributed by atoms with Crippen LogP contribution in [0.1, 0.15) is 0 Å². The van der Waals surface area contributed by atoms with Crippen molar-refractivity contribution in [1.29, 1.82) is 0 Å². The van der Waals surface area contributed by atoms with E-state index in [-0.39, 0.29) is 0 Å². The van der Waals surface area contributed by atoms with Crippen LogP contribution in [0.4, 0.5) is 0 Å². The van der Waals surface area contributed by atoms with Gasteiger partial charge in [-0.3, -0.25) is 0 Å². The minimum Gasteiger partial charge on any atom is -0.306 e. The third kappa shape index (κ3) is 5.72. The molecule has 0 aliphatic carbocycles. The number of hydrogen-bond donors (Lipinski definition) is 1. The van der Waals surface area contributed by atoms with Crippen molar-refractivity contribution in [1.82, 2.24) is 0 Å². The summed E-state index contributed by atoms with van der Waals surface area (Å²) in [5, 5.41) is 3.55. The smallest absolute Gasteiger partial charge is 0.193 e. The maximum absolute atomic E-state index is 3.83. The van der Waals surface area contributed by atoms with E-state index in [4.69, 9.17) is 0 Å². The van der Waals surface area contributed by atoms with Gasteiger partial charge in [-0.15, -0.1) is 0 Å². The van der Waals surface area contributed by atoms with Gasteiger partial charge in [-0.05, 0) is 5.41 Å². The molecule has 0 aromatic heterocycles. The van der Waals surface area contributed by atoms with Crippen molar-refractivity contribution in [3.63, 3.8) is 0 Å². The second-order valence-corrected chi connectivity index (χ2v) is 1.61. The van der Waals surface area contributed by atoms with Crippen LogP contribution >= 0.6 is 11.9 Å². The molecule has 0 atom stereocenters. The van der Waals surface area contributed by atoms with Gasteiger partial charge in [0, 0.05) is 11.9 Å². The van der Waals surface area contributed by atoms with E-state index in [9.17, 15) is 0 Å². The molecule has 0 saturated carbocycles. The molecule has 0 saturated heterocycles. The molecule has 0 radical (unpaired) electrons. The van der Waals surface area contributed by atoms with Crippen LogP contribution in [-0.2, 0) is 0 Å². The monoisotopic (exact) mass is 117 g/mol. The Hall–Kier alpha value is -0.280. The lowest BCUT2D eigenvalue weighted by atomic mass is 11.2. The van der Waals surface area contributed by atoms with Crippen LogP contribution in [0.3, 0.4) is 0 Å². The lowest BCUT2D eigenvalue weighted by Crippen LogP contribution is -2.77. The number of quaternary nitrogens is 1. The van der Waals surface area contributed by atoms with Crippen LogP contribution in [0.2, 0.25) is 0 Å². The van der Waals surface area contributed by atoms with Crippen molar-refractivity contribution in [2.75, 3.05) is 7.05 Å². The fourth-order valence-corrected chi connectivity index (χ4v) is 0.417. The van der Waals surface area contributed by atoms with E-state index in [0.29, 0.717) is 0 Å². The molecule has 40 valence electrons. The van der Waals surface area contributed by atoms with Gasteiger partial charge in [0.05, 0.1) is 7.05 Å². The molecular weight excluding hydrogens is 108 g/mol. The molecule has 0 aromatic rings. The first-order chi connectivity index (χ1) is 3.41. The SMILES string of the molecule is C=CSN=C[NH2+]C. The lowest BCUT2D eigenvalue weighted by Gasteiger charge is -1.74. The molecule has 0 spiro atoms. The molecule has 0 heterocycles. The normalized spacial score (nSPS) is 9.86. The van der Waals surface area contributed by atoms with Gasteiger partial charge in [0.15, 0.2) is 6.34 Å². The standard InChI is InChI=1S/C4H8N2S/c1-3-7-6-4-5-2/h3-4H,1H2,2H3,(H,5,6)/p+1. The van der Waals surface area contributed by atoms with E-state index >= 15 is 0 Å². The Morgan fingerprint density at radius 1 is 1.86 bits per heavy atom. The summed E-state index contributed by atoms with van der Waals surface area (Å²) in [6, 6.07) is 0. The fourth-order valence-electron chi connectivity index (χ4n) is 0.139. The van der Waals surface area contributed by atoms with Gasteiger partial charge in [-0.1, -0.05) is 6.58 Å². The largest absolute Gasteiger partial charge is 0.306 e. The van der Waals surface area contributed by atoms with E-state index < -0.39 is 0 Å². The van der Waals surface area contributed by atoms with Crippen LogP contribution in [0, 0.1) is 0 Å². The Labute approximate surface area is 47.8 Å². The average molecular weight is 117 g/mol. The summed E-state index contributed by atoms with van der Waals surface area (Å²) in [6.07, 6.45) is 1.73. The van der Waals surface area contributed by atoms with Crippen LogP contribution in [-0.4, -0.2) is 13.4 Å². The summed E-state index contributed by atoms with van der Waals surface area (Å²) in [5.41, 5.74) is 0.